The summed E-state index contributed by atoms with van der Waals surface area (Å²) in [7, 11) is 0. The van der Waals surface area contributed by atoms with Gasteiger partial charge in [0, 0.05) is 0 Å². The molecule has 0 rings (SSSR count). The van der Waals surface area contributed by atoms with Gasteiger partial charge in [-0.05, 0) is 0 Å². The Balaban J connectivity index is 2.30. The van der Waals surface area contributed by atoms with Crippen LogP contribution >= 0.6 is 0 Å². The number of hydrogen-bond donors (Lipinski definition) is 0. The van der Waals surface area contributed by atoms with E-state index in [1.54, 1.807) is 0 Å². The number of hydrogen-bond acceptors (Lipinski definition) is 0. The maximum atomic E-state index is 2.98. The molecule has 0 heterocycles. The van der Waals surface area contributed by atoms with Gasteiger partial charge in [0.25, 0.3) is 0 Å². The second-order valence-electron chi connectivity index (χ2n) is 0.575. The summed E-state index contributed by atoms with van der Waals surface area (Å²) in [5.74, 6) is 0. The van der Waals surface area contributed by atoms with Crippen molar-refractivity contribution in [2.75, 3.05) is 0 Å². The van der Waals surface area contributed by atoms with Crippen molar-refractivity contribution in [3.63, 3.8) is 0 Å². The molecule has 0 radical (unpaired) electrons. The molecule has 0 nitrogen and oxygen atoms in total. The molecule has 0 saturated carbocycles. The first kappa shape index (κ1) is 5.05. The fourth-order valence-corrected chi connectivity index (χ4v) is 0. The van der Waals surface area contributed by atoms with Crippen LogP contribution in [-0.4, -0.2) is 26.4 Å². The summed E-state index contributed by atoms with van der Waals surface area (Å²) in [6.07, 6.45) is 0. The van der Waals surface area contributed by atoms with Crippen molar-refractivity contribution in [3.05, 3.63) is 0 Å². The minimum atomic E-state index is 0.657. The fraction of sp³-hybridized carbons (Fsp3) is 1.00. The standard InChI is InChI=1S/C2H5.Al.Se/c1-2;;/h1H2,2H3;;. The van der Waals surface area contributed by atoms with E-state index >= 15 is 0 Å². The zero-order valence-corrected chi connectivity index (χ0v) is 5.56. The van der Waals surface area contributed by atoms with Crippen LogP contribution in [0, 0.1) is 0 Å². The van der Waals surface area contributed by atoms with E-state index in [1.165, 1.54) is 5.28 Å². The molecular weight excluding hydrogens is 130 g/mol. The SMILES string of the molecule is C[CH2][Al]=[Se]. The summed E-state index contributed by atoms with van der Waals surface area (Å²) in [6, 6.07) is 0. The Labute approximate surface area is 38.9 Å². The molecule has 2 heteroatoms. The van der Waals surface area contributed by atoms with E-state index in [4.69, 9.17) is 0 Å². The molecule has 0 amide bonds. The van der Waals surface area contributed by atoms with E-state index in [2.05, 4.69) is 20.5 Å². The Morgan fingerprint density at radius 3 is 2.25 bits per heavy atom. The Morgan fingerprint density at radius 1 is 2.00 bits per heavy atom. The van der Waals surface area contributed by atoms with E-state index in [0.717, 1.165) is 0 Å². The first-order chi connectivity index (χ1) is 1.91. The van der Waals surface area contributed by atoms with Gasteiger partial charge in [0.15, 0.2) is 0 Å². The normalized spacial score (nSPS) is 5.25. The Hall–Kier alpha value is 1.05. The molecule has 0 aromatic heterocycles. The van der Waals surface area contributed by atoms with E-state index in [0.29, 0.717) is 12.8 Å². The van der Waals surface area contributed by atoms with Crippen molar-refractivity contribution >= 4 is 26.4 Å². The molecule has 0 aliphatic carbocycles. The topological polar surface area (TPSA) is 0 Å². The molecule has 0 unspecified atom stereocenters. The van der Waals surface area contributed by atoms with Crippen LogP contribution in [0.15, 0.2) is 0 Å². The van der Waals surface area contributed by atoms with Gasteiger partial charge in [-0.3, -0.25) is 0 Å². The van der Waals surface area contributed by atoms with Gasteiger partial charge in [-0.1, -0.05) is 0 Å². The summed E-state index contributed by atoms with van der Waals surface area (Å²) in [5, 5.41) is 1.35. The maximum absolute atomic E-state index is 2.98. The Bertz CT molecular complexity index is 20.0. The molecular formula is C2H5AlSe. The van der Waals surface area contributed by atoms with Crippen LogP contribution < -0.4 is 0 Å². The average molecular weight is 135 g/mol. The van der Waals surface area contributed by atoms with Gasteiger partial charge in [-0.25, -0.2) is 0 Å². The summed E-state index contributed by atoms with van der Waals surface area (Å²) < 4.78 is 0. The molecule has 22 valence electrons. The molecule has 0 aliphatic heterocycles. The van der Waals surface area contributed by atoms with Gasteiger partial charge in [0.1, 0.15) is 0 Å². The third kappa shape index (κ3) is 3.05. The van der Waals surface area contributed by atoms with Gasteiger partial charge in [-0.2, -0.15) is 0 Å². The van der Waals surface area contributed by atoms with Crippen LogP contribution in [0.1, 0.15) is 6.92 Å². The molecule has 0 aromatic rings. The number of rotatable bonds is 1. The molecule has 0 bridgehead atoms. The van der Waals surface area contributed by atoms with Crippen LogP contribution in [0.25, 0.3) is 0 Å². The Kier molecular flexibility index (Phi) is 5.12. The molecule has 0 saturated heterocycles. The molecule has 0 spiro atoms. The first-order valence-corrected chi connectivity index (χ1v) is 5.61. The second kappa shape index (κ2) is 4.05. The van der Waals surface area contributed by atoms with E-state index in [1.807, 2.05) is 0 Å². The summed E-state index contributed by atoms with van der Waals surface area (Å²) in [4.78, 5) is 0. The van der Waals surface area contributed by atoms with Crippen LogP contribution in [0.4, 0.5) is 0 Å². The van der Waals surface area contributed by atoms with Gasteiger partial charge < -0.3 is 0 Å². The second-order valence-corrected chi connectivity index (χ2v) is 3.82. The summed E-state index contributed by atoms with van der Waals surface area (Å²) in [5.41, 5.74) is 0. The third-order valence-electron chi connectivity index (χ3n) is 0.167. The zero-order valence-electron chi connectivity index (χ0n) is 2.69. The van der Waals surface area contributed by atoms with Crippen LogP contribution in [0.5, 0.6) is 0 Å². The van der Waals surface area contributed by atoms with E-state index < -0.39 is 0 Å². The van der Waals surface area contributed by atoms with Gasteiger partial charge in [0.05, 0.1) is 0 Å². The summed E-state index contributed by atoms with van der Waals surface area (Å²) in [6.45, 7) is 2.19. The van der Waals surface area contributed by atoms with Crippen molar-refractivity contribution in [3.8, 4) is 0 Å². The molecule has 0 N–H and O–H groups in total. The summed E-state index contributed by atoms with van der Waals surface area (Å²) >= 11 is 3.63. The third-order valence-corrected chi connectivity index (χ3v) is 2.60. The average Bonchev–Trinajstić information content (AvgIpc) is 1.37. The minimum absolute atomic E-state index is 0.657. The van der Waals surface area contributed by atoms with Crippen molar-refractivity contribution in [1.82, 2.24) is 0 Å². The van der Waals surface area contributed by atoms with Gasteiger partial charge >= 0.3 is 38.6 Å². The van der Waals surface area contributed by atoms with Crippen molar-refractivity contribution in [2.45, 2.75) is 12.2 Å². The van der Waals surface area contributed by atoms with Crippen LogP contribution in [0.2, 0.25) is 5.28 Å². The predicted molar refractivity (Wildman–Crippen MR) is 22.0 cm³/mol. The monoisotopic (exact) mass is 136 g/mol. The van der Waals surface area contributed by atoms with Crippen molar-refractivity contribution in [2.24, 2.45) is 0 Å². The van der Waals surface area contributed by atoms with E-state index in [-0.39, 0.29) is 0 Å². The van der Waals surface area contributed by atoms with E-state index in [9.17, 15) is 0 Å². The molecule has 0 aromatic carbocycles. The quantitative estimate of drug-likeness (QED) is 0.451. The fourth-order valence-electron chi connectivity index (χ4n) is 0. The molecule has 0 atom stereocenters. The van der Waals surface area contributed by atoms with Crippen LogP contribution in [0.3, 0.4) is 0 Å². The van der Waals surface area contributed by atoms with Crippen LogP contribution in [-0.2, 0) is 0 Å². The van der Waals surface area contributed by atoms with Gasteiger partial charge in [0.2, 0.25) is 0 Å². The predicted octanol–water partition coefficient (Wildman–Crippen LogP) is 0.212. The molecule has 4 heavy (non-hydrogen) atoms. The first-order valence-electron chi connectivity index (χ1n) is 1.35. The van der Waals surface area contributed by atoms with Crippen molar-refractivity contribution in [1.29, 1.82) is 0 Å². The van der Waals surface area contributed by atoms with Crippen molar-refractivity contribution < 1.29 is 0 Å². The van der Waals surface area contributed by atoms with Gasteiger partial charge in [-0.15, -0.1) is 0 Å². The molecule has 0 aliphatic rings. The Morgan fingerprint density at radius 2 is 2.25 bits per heavy atom. The zero-order chi connectivity index (χ0) is 3.41. The molecule has 0 fully saturated rings.